The molecule has 4 nitrogen and oxygen atoms in total. The fourth-order valence-electron chi connectivity index (χ4n) is 2.03. The zero-order valence-electron chi connectivity index (χ0n) is 8.45. The van der Waals surface area contributed by atoms with Gasteiger partial charge in [0.15, 0.2) is 0 Å². The van der Waals surface area contributed by atoms with E-state index in [0.29, 0.717) is 12.6 Å². The Balaban J connectivity index is 1.80. The van der Waals surface area contributed by atoms with Gasteiger partial charge in [-0.25, -0.2) is 4.79 Å². The second kappa shape index (κ2) is 4.17. The first kappa shape index (κ1) is 9.77. The number of rotatable bonds is 4. The Hall–Kier alpha value is -0.770. The molecule has 1 aliphatic heterocycles. The average molecular weight is 198 g/mol. The summed E-state index contributed by atoms with van der Waals surface area (Å²) in [4.78, 5) is 13.3. The van der Waals surface area contributed by atoms with Gasteiger partial charge in [0.25, 0.3) is 0 Å². The standard InChI is InChI=1S/C10H18N2O2/c11-6-2-5-9-7-12(10(13)14-9)8-3-1-4-8/h8-9H,1-7,11H2. The molecular formula is C10H18N2O2. The van der Waals surface area contributed by atoms with E-state index in [4.69, 9.17) is 10.5 Å². The third kappa shape index (κ3) is 1.85. The average Bonchev–Trinajstić information content (AvgIpc) is 2.42. The molecule has 0 radical (unpaired) electrons. The molecule has 1 saturated heterocycles. The minimum absolute atomic E-state index is 0.0895. The molecule has 0 aromatic rings. The summed E-state index contributed by atoms with van der Waals surface area (Å²) in [6.07, 6.45) is 5.38. The van der Waals surface area contributed by atoms with Crippen molar-refractivity contribution in [2.45, 2.75) is 44.2 Å². The van der Waals surface area contributed by atoms with Gasteiger partial charge in [-0.05, 0) is 38.6 Å². The smallest absolute Gasteiger partial charge is 0.410 e. The Labute approximate surface area is 84.4 Å². The fraction of sp³-hybridized carbons (Fsp3) is 0.900. The molecule has 0 spiro atoms. The Morgan fingerprint density at radius 3 is 2.86 bits per heavy atom. The van der Waals surface area contributed by atoms with Crippen molar-refractivity contribution in [3.8, 4) is 0 Å². The molecule has 2 fully saturated rings. The molecule has 1 unspecified atom stereocenters. The lowest BCUT2D eigenvalue weighted by molar-refractivity contribution is 0.116. The minimum Gasteiger partial charge on any atom is -0.444 e. The van der Waals surface area contributed by atoms with Gasteiger partial charge in [-0.1, -0.05) is 0 Å². The van der Waals surface area contributed by atoms with Crippen LogP contribution in [0.25, 0.3) is 0 Å². The number of ether oxygens (including phenoxy) is 1. The van der Waals surface area contributed by atoms with Crippen LogP contribution < -0.4 is 5.73 Å². The zero-order chi connectivity index (χ0) is 9.97. The van der Waals surface area contributed by atoms with Crippen LogP contribution in [0, 0.1) is 0 Å². The van der Waals surface area contributed by atoms with Crippen molar-refractivity contribution in [2.24, 2.45) is 5.73 Å². The second-order valence-corrected chi connectivity index (χ2v) is 4.17. The molecule has 1 atom stereocenters. The summed E-state index contributed by atoms with van der Waals surface area (Å²) in [7, 11) is 0. The van der Waals surface area contributed by atoms with Crippen LogP contribution in [0.4, 0.5) is 4.79 Å². The maximum Gasteiger partial charge on any atom is 0.410 e. The molecule has 1 amide bonds. The van der Waals surface area contributed by atoms with Crippen molar-refractivity contribution >= 4 is 6.09 Å². The molecule has 1 heterocycles. The first-order valence-corrected chi connectivity index (χ1v) is 5.48. The molecule has 0 bridgehead atoms. The molecule has 0 aromatic heterocycles. The van der Waals surface area contributed by atoms with E-state index in [2.05, 4.69) is 0 Å². The van der Waals surface area contributed by atoms with Crippen LogP contribution in [0.15, 0.2) is 0 Å². The van der Waals surface area contributed by atoms with Gasteiger partial charge in [-0.2, -0.15) is 0 Å². The van der Waals surface area contributed by atoms with Gasteiger partial charge >= 0.3 is 6.09 Å². The summed E-state index contributed by atoms with van der Waals surface area (Å²) in [6.45, 7) is 1.46. The van der Waals surface area contributed by atoms with E-state index in [1.54, 1.807) is 0 Å². The first-order chi connectivity index (χ1) is 6.81. The third-order valence-electron chi connectivity index (χ3n) is 3.15. The maximum absolute atomic E-state index is 11.5. The lowest BCUT2D eigenvalue weighted by Gasteiger charge is -2.32. The SMILES string of the molecule is NCCCC1CN(C2CCC2)C(=O)O1. The molecule has 1 aliphatic carbocycles. The number of nitrogens with zero attached hydrogens (tertiary/aromatic N) is 1. The minimum atomic E-state index is -0.114. The van der Waals surface area contributed by atoms with Gasteiger partial charge in [0.05, 0.1) is 6.54 Å². The van der Waals surface area contributed by atoms with Crippen LogP contribution >= 0.6 is 0 Å². The molecule has 4 heteroatoms. The zero-order valence-corrected chi connectivity index (χ0v) is 8.45. The summed E-state index contributed by atoms with van der Waals surface area (Å²) < 4.78 is 5.26. The summed E-state index contributed by atoms with van der Waals surface area (Å²) in [6, 6.07) is 0.463. The Bertz CT molecular complexity index is 216. The van der Waals surface area contributed by atoms with Crippen molar-refractivity contribution in [2.75, 3.05) is 13.1 Å². The summed E-state index contributed by atoms with van der Waals surface area (Å²) >= 11 is 0. The molecule has 0 aromatic carbocycles. The van der Waals surface area contributed by atoms with Crippen LogP contribution in [0.5, 0.6) is 0 Å². The Morgan fingerprint density at radius 1 is 1.50 bits per heavy atom. The van der Waals surface area contributed by atoms with Gasteiger partial charge in [-0.3, -0.25) is 0 Å². The van der Waals surface area contributed by atoms with Gasteiger partial charge in [-0.15, -0.1) is 0 Å². The van der Waals surface area contributed by atoms with Gasteiger partial charge < -0.3 is 15.4 Å². The number of hydrogen-bond donors (Lipinski definition) is 1. The third-order valence-corrected chi connectivity index (χ3v) is 3.15. The predicted octanol–water partition coefficient (Wildman–Crippen LogP) is 1.10. The highest BCUT2D eigenvalue weighted by atomic mass is 16.6. The monoisotopic (exact) mass is 198 g/mol. The molecule has 1 saturated carbocycles. The largest absolute Gasteiger partial charge is 0.444 e. The van der Waals surface area contributed by atoms with E-state index in [1.165, 1.54) is 6.42 Å². The van der Waals surface area contributed by atoms with E-state index in [-0.39, 0.29) is 12.2 Å². The van der Waals surface area contributed by atoms with E-state index >= 15 is 0 Å². The van der Waals surface area contributed by atoms with Crippen molar-refractivity contribution in [3.05, 3.63) is 0 Å². The number of nitrogens with two attached hydrogens (primary N) is 1. The number of carbonyl (C=O) groups is 1. The fourth-order valence-corrected chi connectivity index (χ4v) is 2.03. The van der Waals surface area contributed by atoms with Crippen LogP contribution in [-0.2, 0) is 4.74 Å². The number of cyclic esters (lactones) is 1. The van der Waals surface area contributed by atoms with Crippen LogP contribution in [0.3, 0.4) is 0 Å². The van der Waals surface area contributed by atoms with E-state index in [0.717, 1.165) is 32.2 Å². The van der Waals surface area contributed by atoms with Crippen LogP contribution in [-0.4, -0.2) is 36.2 Å². The van der Waals surface area contributed by atoms with E-state index in [9.17, 15) is 4.79 Å². The number of amides is 1. The topological polar surface area (TPSA) is 55.6 Å². The highest BCUT2D eigenvalue weighted by Gasteiger charge is 2.37. The Morgan fingerprint density at radius 2 is 2.29 bits per heavy atom. The molecule has 2 aliphatic rings. The second-order valence-electron chi connectivity index (χ2n) is 4.17. The van der Waals surface area contributed by atoms with Crippen LogP contribution in [0.1, 0.15) is 32.1 Å². The highest BCUT2D eigenvalue weighted by Crippen LogP contribution is 2.29. The molecule has 2 rings (SSSR count). The van der Waals surface area contributed by atoms with Gasteiger partial charge in [0.2, 0.25) is 0 Å². The first-order valence-electron chi connectivity index (χ1n) is 5.48. The van der Waals surface area contributed by atoms with Crippen LogP contribution in [0.2, 0.25) is 0 Å². The summed E-state index contributed by atoms with van der Waals surface area (Å²) in [5.41, 5.74) is 5.42. The van der Waals surface area contributed by atoms with E-state index in [1.807, 2.05) is 4.90 Å². The highest BCUT2D eigenvalue weighted by molar-refractivity contribution is 5.70. The quantitative estimate of drug-likeness (QED) is 0.736. The van der Waals surface area contributed by atoms with E-state index < -0.39 is 0 Å². The van der Waals surface area contributed by atoms with Crippen molar-refractivity contribution < 1.29 is 9.53 Å². The molecule has 2 N–H and O–H groups in total. The lowest BCUT2D eigenvalue weighted by Crippen LogP contribution is -2.40. The lowest BCUT2D eigenvalue weighted by atomic mass is 9.92. The maximum atomic E-state index is 11.5. The number of carbonyl (C=O) groups excluding carboxylic acids is 1. The normalized spacial score (nSPS) is 27.6. The van der Waals surface area contributed by atoms with Gasteiger partial charge in [0.1, 0.15) is 6.10 Å². The molecule has 80 valence electrons. The number of hydrogen-bond acceptors (Lipinski definition) is 3. The summed E-state index contributed by atoms with van der Waals surface area (Å²) in [5, 5.41) is 0. The van der Waals surface area contributed by atoms with Crippen molar-refractivity contribution in [1.82, 2.24) is 4.90 Å². The van der Waals surface area contributed by atoms with Crippen molar-refractivity contribution in [3.63, 3.8) is 0 Å². The summed E-state index contributed by atoms with van der Waals surface area (Å²) in [5.74, 6) is 0. The van der Waals surface area contributed by atoms with Gasteiger partial charge in [0, 0.05) is 6.04 Å². The van der Waals surface area contributed by atoms with Crippen molar-refractivity contribution in [1.29, 1.82) is 0 Å². The molecular weight excluding hydrogens is 180 g/mol. The predicted molar refractivity (Wildman–Crippen MR) is 52.9 cm³/mol. The molecule has 14 heavy (non-hydrogen) atoms. The Kier molecular flexibility index (Phi) is 2.91.